The van der Waals surface area contributed by atoms with Crippen LogP contribution in [-0.4, -0.2) is 48.1 Å². The zero-order valence-corrected chi connectivity index (χ0v) is 26.9. The second-order valence-electron chi connectivity index (χ2n) is 12.0. The van der Waals surface area contributed by atoms with Crippen LogP contribution in [0.3, 0.4) is 0 Å². The van der Waals surface area contributed by atoms with E-state index in [1.54, 1.807) is 81.3 Å². The molecule has 0 bridgehead atoms. The lowest BCUT2D eigenvalue weighted by molar-refractivity contribution is -0.141. The Morgan fingerprint density at radius 1 is 0.953 bits per heavy atom. The van der Waals surface area contributed by atoms with Crippen molar-refractivity contribution in [1.82, 2.24) is 10.2 Å². The molecule has 0 saturated carbocycles. The van der Waals surface area contributed by atoms with Crippen LogP contribution in [0.4, 0.5) is 10.5 Å². The van der Waals surface area contributed by atoms with E-state index in [2.05, 4.69) is 23.5 Å². The lowest BCUT2D eigenvalue weighted by Crippen LogP contribution is -2.54. The molecule has 2 atom stereocenters. The molecule has 2 N–H and O–H groups in total. The molecule has 43 heavy (non-hydrogen) atoms. The zero-order valence-electron chi connectivity index (χ0n) is 26.9. The highest BCUT2D eigenvalue weighted by Crippen LogP contribution is 2.29. The van der Waals surface area contributed by atoms with Gasteiger partial charge in [0.1, 0.15) is 23.4 Å². The number of nitrogens with one attached hydrogen (secondary N) is 2. The number of anilines is 1. The Morgan fingerprint density at radius 2 is 1.58 bits per heavy atom. The topological polar surface area (TPSA) is 97.0 Å². The molecule has 8 nitrogen and oxygen atoms in total. The summed E-state index contributed by atoms with van der Waals surface area (Å²) in [7, 11) is 1.57. The number of carbonyl (C=O) groups excluding carboxylic acids is 3. The van der Waals surface area contributed by atoms with Crippen LogP contribution < -0.4 is 15.4 Å². The molecule has 0 spiro atoms. The average molecular weight is 592 g/mol. The summed E-state index contributed by atoms with van der Waals surface area (Å²) in [5.41, 5.74) is 0.863. The number of methoxy groups -OCH3 is 1. The molecule has 0 saturated heterocycles. The summed E-state index contributed by atoms with van der Waals surface area (Å²) in [5, 5.41) is 5.74. The van der Waals surface area contributed by atoms with E-state index in [0.29, 0.717) is 35.5 Å². The monoisotopic (exact) mass is 591 g/mol. The number of hydrogen-bond acceptors (Lipinski definition) is 5. The average Bonchev–Trinajstić information content (AvgIpc) is 2.96. The van der Waals surface area contributed by atoms with E-state index in [4.69, 9.17) is 15.9 Å². The molecule has 2 aromatic rings. The van der Waals surface area contributed by atoms with Gasteiger partial charge in [-0.25, -0.2) is 4.79 Å². The van der Waals surface area contributed by atoms with Gasteiger partial charge in [-0.1, -0.05) is 77.0 Å². The normalized spacial score (nSPS) is 12.5. The molecular weight excluding hydrogens is 542 g/mol. The lowest BCUT2D eigenvalue weighted by Gasteiger charge is -2.36. The van der Waals surface area contributed by atoms with Crippen LogP contribution in [0.2, 0.25) is 0 Å². The fourth-order valence-electron chi connectivity index (χ4n) is 4.76. The summed E-state index contributed by atoms with van der Waals surface area (Å²) < 4.78 is 10.7. The lowest BCUT2D eigenvalue weighted by atomic mass is 9.95. The maximum Gasteiger partial charge on any atom is 0.408 e. The van der Waals surface area contributed by atoms with Crippen LogP contribution >= 0.6 is 0 Å². The number of rotatable bonds is 15. The van der Waals surface area contributed by atoms with Crippen molar-refractivity contribution in [2.24, 2.45) is 5.92 Å². The van der Waals surface area contributed by atoms with Gasteiger partial charge in [-0.05, 0) is 69.0 Å². The Balaban J connectivity index is 2.55. The molecule has 0 fully saturated rings. The van der Waals surface area contributed by atoms with Gasteiger partial charge in [0, 0.05) is 17.8 Å². The van der Waals surface area contributed by atoms with Crippen molar-refractivity contribution in [3.05, 3.63) is 59.7 Å². The number of nitrogens with zero attached hydrogens (tertiary/aromatic N) is 1. The fourth-order valence-corrected chi connectivity index (χ4v) is 4.76. The number of amides is 3. The maximum atomic E-state index is 14.4. The smallest absolute Gasteiger partial charge is 0.408 e. The second kappa shape index (κ2) is 17.2. The van der Waals surface area contributed by atoms with E-state index >= 15 is 0 Å². The summed E-state index contributed by atoms with van der Waals surface area (Å²) in [6.07, 6.45) is 11.2. The van der Waals surface area contributed by atoms with Gasteiger partial charge in [0.2, 0.25) is 5.91 Å². The third kappa shape index (κ3) is 11.3. The molecule has 2 aromatic carbocycles. The van der Waals surface area contributed by atoms with Gasteiger partial charge in [0.15, 0.2) is 0 Å². The van der Waals surface area contributed by atoms with Crippen molar-refractivity contribution in [2.45, 2.75) is 97.8 Å². The third-order valence-electron chi connectivity index (χ3n) is 6.97. The van der Waals surface area contributed by atoms with Gasteiger partial charge in [-0.2, -0.15) is 0 Å². The van der Waals surface area contributed by atoms with E-state index < -0.39 is 29.7 Å². The SMILES string of the molecule is C#Cc1ccccc1C(C(=O)Nc1ccc(OC)cc1)N(CCCCCCCC)C(=O)C(NC(=O)OC(C)(C)C)C(C)C. The highest BCUT2D eigenvalue weighted by molar-refractivity contribution is 5.99. The van der Waals surface area contributed by atoms with Crippen molar-refractivity contribution in [3.63, 3.8) is 0 Å². The molecule has 0 aliphatic carbocycles. The highest BCUT2D eigenvalue weighted by Gasteiger charge is 2.38. The number of benzene rings is 2. The maximum absolute atomic E-state index is 14.4. The summed E-state index contributed by atoms with van der Waals surface area (Å²) in [4.78, 5) is 42.9. The summed E-state index contributed by atoms with van der Waals surface area (Å²) >= 11 is 0. The third-order valence-corrected chi connectivity index (χ3v) is 6.97. The van der Waals surface area contributed by atoms with Gasteiger partial charge in [-0.15, -0.1) is 6.42 Å². The predicted octanol–water partition coefficient (Wildman–Crippen LogP) is 7.09. The fraction of sp³-hybridized carbons (Fsp3) is 0.514. The molecular formula is C35H49N3O5. The molecule has 0 aromatic heterocycles. The Morgan fingerprint density at radius 3 is 2.16 bits per heavy atom. The second-order valence-corrected chi connectivity index (χ2v) is 12.0. The highest BCUT2D eigenvalue weighted by atomic mass is 16.6. The van der Waals surface area contributed by atoms with Crippen LogP contribution in [0.5, 0.6) is 5.75 Å². The van der Waals surface area contributed by atoms with E-state index in [0.717, 1.165) is 32.1 Å². The first kappa shape index (κ1) is 35.2. The van der Waals surface area contributed by atoms with Gasteiger partial charge in [0.05, 0.1) is 7.11 Å². The van der Waals surface area contributed by atoms with Crippen molar-refractivity contribution in [1.29, 1.82) is 0 Å². The number of terminal acetylenes is 1. The number of hydrogen-bond donors (Lipinski definition) is 2. The Bertz CT molecular complexity index is 1230. The number of carbonyl (C=O) groups is 3. The largest absolute Gasteiger partial charge is 0.497 e. The molecule has 0 aliphatic rings. The van der Waals surface area contributed by atoms with Gasteiger partial charge in [-0.3, -0.25) is 9.59 Å². The quantitative estimate of drug-likeness (QED) is 0.170. The molecule has 2 unspecified atom stereocenters. The number of alkyl carbamates (subject to hydrolysis) is 1. The summed E-state index contributed by atoms with van der Waals surface area (Å²) in [6.45, 7) is 11.5. The van der Waals surface area contributed by atoms with Crippen molar-refractivity contribution < 1.29 is 23.9 Å². The van der Waals surface area contributed by atoms with E-state index in [-0.39, 0.29) is 11.8 Å². The molecule has 2 rings (SSSR count). The minimum Gasteiger partial charge on any atom is -0.497 e. The van der Waals surface area contributed by atoms with E-state index in [9.17, 15) is 14.4 Å². The van der Waals surface area contributed by atoms with Crippen LogP contribution in [0, 0.1) is 18.3 Å². The molecule has 3 amide bonds. The van der Waals surface area contributed by atoms with Crippen LogP contribution in [-0.2, 0) is 14.3 Å². The molecule has 0 radical (unpaired) electrons. The standard InChI is InChI=1S/C35H49N3O5/c1-9-11-12-13-14-17-24-38(33(40)30(25(3)4)37-34(41)43-35(5,6)7)31(29-19-16-15-18-26(29)10-2)32(39)36-27-20-22-28(42-8)23-21-27/h2,15-16,18-23,25,30-31H,9,11-14,17,24H2,1,3-8H3,(H,36,39)(H,37,41). The van der Waals surface area contributed by atoms with Crippen LogP contribution in [0.15, 0.2) is 48.5 Å². The Kier molecular flexibility index (Phi) is 14.1. The number of unbranched alkanes of at least 4 members (excludes halogenated alkanes) is 5. The minimum absolute atomic E-state index is 0.278. The minimum atomic E-state index is -1.04. The molecule has 234 valence electrons. The Labute approximate surface area is 257 Å². The van der Waals surface area contributed by atoms with E-state index in [1.165, 1.54) is 0 Å². The van der Waals surface area contributed by atoms with Crippen LogP contribution in [0.25, 0.3) is 0 Å². The predicted molar refractivity (Wildman–Crippen MR) is 172 cm³/mol. The Hall–Kier alpha value is -3.99. The van der Waals surface area contributed by atoms with Crippen molar-refractivity contribution in [2.75, 3.05) is 19.0 Å². The first-order chi connectivity index (χ1) is 20.4. The molecule has 0 aliphatic heterocycles. The van der Waals surface area contributed by atoms with Crippen molar-refractivity contribution >= 4 is 23.6 Å². The first-order valence-corrected chi connectivity index (χ1v) is 15.2. The van der Waals surface area contributed by atoms with Crippen LogP contribution in [0.1, 0.15) is 97.2 Å². The number of ether oxygens (including phenoxy) is 2. The van der Waals surface area contributed by atoms with Crippen molar-refractivity contribution in [3.8, 4) is 18.1 Å². The van der Waals surface area contributed by atoms with Gasteiger partial charge >= 0.3 is 6.09 Å². The first-order valence-electron chi connectivity index (χ1n) is 15.2. The zero-order chi connectivity index (χ0) is 32.0. The summed E-state index contributed by atoms with van der Waals surface area (Å²) in [5.74, 6) is 2.27. The molecule has 0 heterocycles. The van der Waals surface area contributed by atoms with Gasteiger partial charge < -0.3 is 25.0 Å². The molecule has 8 heteroatoms. The van der Waals surface area contributed by atoms with E-state index in [1.807, 2.05) is 13.8 Å². The summed E-state index contributed by atoms with van der Waals surface area (Å²) in [6, 6.07) is 12.1. The van der Waals surface area contributed by atoms with Gasteiger partial charge in [0.25, 0.3) is 5.91 Å².